The van der Waals surface area contributed by atoms with Gasteiger partial charge in [-0.1, -0.05) is 109 Å². The minimum atomic E-state index is 1.02. The van der Waals surface area contributed by atoms with E-state index in [1.807, 2.05) is 0 Å². The van der Waals surface area contributed by atoms with E-state index in [4.69, 9.17) is 0 Å². The SMILES string of the molecule is c1cc2ccc3cc4c(c5ccc(c1)c2c35)-c1ccc2c(c1C4)Cc1cc3ccc4cccc5ccc(c1-2)c3c45. The second-order valence-corrected chi connectivity index (χ2v) is 12.0. The van der Waals surface area contributed by atoms with Gasteiger partial charge in [0.25, 0.3) is 0 Å². The molecule has 0 unspecified atom stereocenters. The Kier molecular flexibility index (Phi) is 3.31. The largest absolute Gasteiger partial charge is 0.0610 e. The second-order valence-electron chi connectivity index (χ2n) is 12.0. The maximum atomic E-state index is 2.48. The quantitative estimate of drug-likeness (QED) is 0.181. The number of benzene rings is 9. The Balaban J connectivity index is 1.20. The average molecular weight is 503 g/mol. The fraction of sp³-hybridized carbons (Fsp3) is 0.0500. The smallest absolute Gasteiger partial charge is 0.000993 e. The Morgan fingerprint density at radius 1 is 0.350 bits per heavy atom. The maximum absolute atomic E-state index is 2.48. The van der Waals surface area contributed by atoms with Gasteiger partial charge in [-0.05, 0) is 122 Å². The van der Waals surface area contributed by atoms with Crippen molar-refractivity contribution in [2.24, 2.45) is 0 Å². The number of fused-ring (bicyclic) bond motifs is 9. The molecule has 2 aliphatic carbocycles. The van der Waals surface area contributed by atoms with Crippen LogP contribution in [0, 0.1) is 0 Å². The highest BCUT2D eigenvalue weighted by atomic mass is 14.3. The summed E-state index contributed by atoms with van der Waals surface area (Å²) in [6, 6.07) is 41.9. The molecule has 0 amide bonds. The van der Waals surface area contributed by atoms with E-state index in [1.165, 1.54) is 98.0 Å². The van der Waals surface area contributed by atoms with Gasteiger partial charge in [-0.15, -0.1) is 0 Å². The predicted molar refractivity (Wildman–Crippen MR) is 170 cm³/mol. The summed E-state index contributed by atoms with van der Waals surface area (Å²) in [6.45, 7) is 0. The van der Waals surface area contributed by atoms with E-state index in [2.05, 4.69) is 109 Å². The van der Waals surface area contributed by atoms with Gasteiger partial charge >= 0.3 is 0 Å². The summed E-state index contributed by atoms with van der Waals surface area (Å²) in [5.41, 5.74) is 11.9. The molecule has 0 nitrogen and oxygen atoms in total. The Morgan fingerprint density at radius 2 is 0.750 bits per heavy atom. The maximum Gasteiger partial charge on any atom is -0.000993 e. The molecule has 0 radical (unpaired) electrons. The lowest BCUT2D eigenvalue weighted by molar-refractivity contribution is 1.17. The molecule has 9 aromatic rings. The van der Waals surface area contributed by atoms with Crippen LogP contribution < -0.4 is 0 Å². The highest BCUT2D eigenvalue weighted by Crippen LogP contribution is 2.52. The molecule has 9 aromatic carbocycles. The molecule has 0 atom stereocenters. The van der Waals surface area contributed by atoms with E-state index >= 15 is 0 Å². The van der Waals surface area contributed by atoms with Crippen molar-refractivity contribution in [1.29, 1.82) is 0 Å². The van der Waals surface area contributed by atoms with Crippen molar-refractivity contribution in [3.63, 3.8) is 0 Å². The van der Waals surface area contributed by atoms with Crippen molar-refractivity contribution < 1.29 is 0 Å². The van der Waals surface area contributed by atoms with Gasteiger partial charge in [0.15, 0.2) is 0 Å². The minimum absolute atomic E-state index is 1.02. The van der Waals surface area contributed by atoms with Crippen LogP contribution in [0.2, 0.25) is 0 Å². The summed E-state index contributed by atoms with van der Waals surface area (Å²) in [4.78, 5) is 0. The topological polar surface area (TPSA) is 0 Å². The average Bonchev–Trinajstić information content (AvgIpc) is 3.56. The van der Waals surface area contributed by atoms with Crippen LogP contribution in [0.5, 0.6) is 0 Å². The molecule has 0 aromatic heterocycles. The van der Waals surface area contributed by atoms with Crippen LogP contribution >= 0.6 is 0 Å². The fourth-order valence-electron chi connectivity index (χ4n) is 8.60. The Hall–Kier alpha value is -4.94. The molecule has 0 heteroatoms. The Morgan fingerprint density at radius 3 is 1.20 bits per heavy atom. The van der Waals surface area contributed by atoms with Crippen molar-refractivity contribution in [2.45, 2.75) is 12.8 Å². The summed E-state index contributed by atoms with van der Waals surface area (Å²) < 4.78 is 0. The normalized spacial score (nSPS) is 13.8. The molecule has 0 fully saturated rings. The highest BCUT2D eigenvalue weighted by Gasteiger charge is 2.31. The van der Waals surface area contributed by atoms with Crippen LogP contribution in [0.15, 0.2) is 109 Å². The minimum Gasteiger partial charge on any atom is -0.0610 e. The van der Waals surface area contributed by atoms with Gasteiger partial charge in [-0.25, -0.2) is 0 Å². The van der Waals surface area contributed by atoms with Crippen LogP contribution in [0.3, 0.4) is 0 Å². The molecule has 0 saturated heterocycles. The van der Waals surface area contributed by atoms with E-state index in [9.17, 15) is 0 Å². The van der Waals surface area contributed by atoms with Crippen molar-refractivity contribution >= 4 is 64.6 Å². The van der Waals surface area contributed by atoms with Gasteiger partial charge in [-0.2, -0.15) is 0 Å². The lowest BCUT2D eigenvalue weighted by Gasteiger charge is -2.15. The van der Waals surface area contributed by atoms with Crippen LogP contribution in [0.25, 0.3) is 86.9 Å². The summed E-state index contributed by atoms with van der Waals surface area (Å²) >= 11 is 0. The summed E-state index contributed by atoms with van der Waals surface area (Å²) in [5.74, 6) is 0. The van der Waals surface area contributed by atoms with Crippen LogP contribution in [-0.4, -0.2) is 0 Å². The van der Waals surface area contributed by atoms with Gasteiger partial charge in [0.2, 0.25) is 0 Å². The van der Waals surface area contributed by atoms with E-state index < -0.39 is 0 Å². The summed E-state index contributed by atoms with van der Waals surface area (Å²) in [6.07, 6.45) is 2.05. The zero-order chi connectivity index (χ0) is 25.7. The predicted octanol–water partition coefficient (Wildman–Crippen LogP) is 10.6. The highest BCUT2D eigenvalue weighted by molar-refractivity contribution is 6.28. The van der Waals surface area contributed by atoms with E-state index in [-0.39, 0.29) is 0 Å². The zero-order valence-corrected chi connectivity index (χ0v) is 21.8. The molecule has 11 rings (SSSR count). The number of hydrogen-bond acceptors (Lipinski definition) is 0. The standard InChI is InChI=1S/C40H22/c1-3-21-7-9-25-17-27-19-33-29(37(27)31-13-11-23(5-1)35(21)39(25)31)15-16-30-34(33)20-28-18-26-10-8-22-4-2-6-24-12-14-32(38(28)30)40(26)36(22)24/h1-18H,19-20H2. The molecule has 2 aliphatic rings. The van der Waals surface area contributed by atoms with Crippen LogP contribution in [-0.2, 0) is 12.8 Å². The third kappa shape index (κ3) is 2.21. The summed E-state index contributed by atoms with van der Waals surface area (Å²) in [7, 11) is 0. The van der Waals surface area contributed by atoms with E-state index in [1.54, 1.807) is 11.1 Å². The molecular weight excluding hydrogens is 480 g/mol. The van der Waals surface area contributed by atoms with Crippen LogP contribution in [0.1, 0.15) is 22.3 Å². The first-order chi connectivity index (χ1) is 19.8. The molecule has 0 spiro atoms. The zero-order valence-electron chi connectivity index (χ0n) is 21.8. The van der Waals surface area contributed by atoms with Gasteiger partial charge in [0.1, 0.15) is 0 Å². The molecule has 0 saturated carbocycles. The third-order valence-electron chi connectivity index (χ3n) is 10.2. The second kappa shape index (κ2) is 6.61. The number of hydrogen-bond donors (Lipinski definition) is 0. The molecule has 40 heavy (non-hydrogen) atoms. The van der Waals surface area contributed by atoms with Gasteiger partial charge in [0.05, 0.1) is 0 Å². The third-order valence-corrected chi connectivity index (χ3v) is 10.2. The van der Waals surface area contributed by atoms with Crippen molar-refractivity contribution in [3.05, 3.63) is 131 Å². The van der Waals surface area contributed by atoms with Gasteiger partial charge in [0, 0.05) is 0 Å². The molecule has 0 N–H and O–H groups in total. The van der Waals surface area contributed by atoms with Gasteiger partial charge in [-0.3, -0.25) is 0 Å². The first-order valence-corrected chi connectivity index (χ1v) is 14.4. The summed E-state index contributed by atoms with van der Waals surface area (Å²) in [5, 5.41) is 16.6. The van der Waals surface area contributed by atoms with Crippen LogP contribution in [0.4, 0.5) is 0 Å². The molecular formula is C40H22. The molecule has 0 bridgehead atoms. The monoisotopic (exact) mass is 502 g/mol. The van der Waals surface area contributed by atoms with E-state index in [0.717, 1.165) is 12.8 Å². The van der Waals surface area contributed by atoms with Crippen molar-refractivity contribution in [1.82, 2.24) is 0 Å². The van der Waals surface area contributed by atoms with Gasteiger partial charge < -0.3 is 0 Å². The van der Waals surface area contributed by atoms with Crippen molar-refractivity contribution in [2.75, 3.05) is 0 Å². The Bertz CT molecular complexity index is 2370. The van der Waals surface area contributed by atoms with E-state index in [0.29, 0.717) is 0 Å². The molecule has 0 aliphatic heterocycles. The first-order valence-electron chi connectivity index (χ1n) is 14.4. The fourth-order valence-corrected chi connectivity index (χ4v) is 8.60. The van der Waals surface area contributed by atoms with Crippen molar-refractivity contribution in [3.8, 4) is 22.3 Å². The lowest BCUT2D eigenvalue weighted by Crippen LogP contribution is -1.90. The molecule has 0 heterocycles. The first kappa shape index (κ1) is 20.0. The lowest BCUT2D eigenvalue weighted by atomic mass is 9.88. The Labute approximate surface area is 230 Å². The molecule has 182 valence electrons. The number of rotatable bonds is 0.